The number of nitrogens with zero attached hydrogens (tertiary/aromatic N) is 2. The van der Waals surface area contributed by atoms with Gasteiger partial charge >= 0.3 is 5.69 Å². The largest absolute Gasteiger partial charge is 0.311 e. The topological polar surface area (TPSA) is 58.4 Å². The van der Waals surface area contributed by atoms with Gasteiger partial charge in [-0.05, 0) is 32.9 Å². The highest BCUT2D eigenvalue weighted by atomic mass is 19.1. The van der Waals surface area contributed by atoms with Gasteiger partial charge < -0.3 is 5.32 Å². The van der Waals surface area contributed by atoms with Crippen LogP contribution in [0.5, 0.6) is 0 Å². The van der Waals surface area contributed by atoms with Crippen LogP contribution in [0.2, 0.25) is 0 Å². The third-order valence-corrected chi connectivity index (χ3v) is 3.77. The van der Waals surface area contributed by atoms with Gasteiger partial charge in [0, 0.05) is 30.8 Å². The van der Waals surface area contributed by atoms with Crippen LogP contribution >= 0.6 is 0 Å². The van der Waals surface area contributed by atoms with Crippen molar-refractivity contribution in [3.05, 3.63) is 39.7 Å². The average molecular weight is 281 g/mol. The number of nitro groups is 1. The molecule has 1 N–H and O–H groups in total. The standard InChI is InChI=1S/C14H20FN3O2/c1-11(17-7-2-3-8-17)9-16-10-12-5-4-6-13(14(12)15)18(19)20/h4-6,11,16H,2-3,7-10H2,1H3. The van der Waals surface area contributed by atoms with Crippen LogP contribution in [0.1, 0.15) is 25.3 Å². The molecule has 20 heavy (non-hydrogen) atoms. The summed E-state index contributed by atoms with van der Waals surface area (Å²) in [7, 11) is 0. The number of likely N-dealkylation sites (tertiary alicyclic amines) is 1. The molecule has 1 atom stereocenters. The number of nitro benzene ring substituents is 1. The molecule has 1 heterocycles. The maximum absolute atomic E-state index is 13.9. The molecular weight excluding hydrogens is 261 g/mol. The van der Waals surface area contributed by atoms with Crippen molar-refractivity contribution in [2.75, 3.05) is 19.6 Å². The molecule has 0 aliphatic carbocycles. The van der Waals surface area contributed by atoms with Gasteiger partial charge in [0.05, 0.1) is 4.92 Å². The molecule has 1 aromatic rings. The third kappa shape index (κ3) is 3.52. The van der Waals surface area contributed by atoms with E-state index < -0.39 is 16.4 Å². The molecule has 5 nitrogen and oxygen atoms in total. The molecule has 1 unspecified atom stereocenters. The Morgan fingerprint density at radius 2 is 2.15 bits per heavy atom. The second-order valence-electron chi connectivity index (χ2n) is 5.23. The van der Waals surface area contributed by atoms with E-state index in [0.29, 0.717) is 18.2 Å². The van der Waals surface area contributed by atoms with E-state index in [0.717, 1.165) is 19.6 Å². The predicted molar refractivity (Wildman–Crippen MR) is 75.0 cm³/mol. The molecule has 1 fully saturated rings. The second-order valence-corrected chi connectivity index (χ2v) is 5.23. The van der Waals surface area contributed by atoms with E-state index in [1.54, 1.807) is 6.07 Å². The van der Waals surface area contributed by atoms with Gasteiger partial charge in [0.2, 0.25) is 5.82 Å². The molecule has 0 saturated carbocycles. The monoisotopic (exact) mass is 281 g/mol. The number of rotatable bonds is 6. The fourth-order valence-corrected chi connectivity index (χ4v) is 2.57. The van der Waals surface area contributed by atoms with E-state index in [2.05, 4.69) is 17.1 Å². The summed E-state index contributed by atoms with van der Waals surface area (Å²) in [5.74, 6) is -0.737. The summed E-state index contributed by atoms with van der Waals surface area (Å²) in [6.45, 7) is 5.44. The second kappa shape index (κ2) is 6.76. The smallest absolute Gasteiger partial charge is 0.305 e. The van der Waals surface area contributed by atoms with Crippen LogP contribution in [0.25, 0.3) is 0 Å². The Morgan fingerprint density at radius 3 is 2.80 bits per heavy atom. The third-order valence-electron chi connectivity index (χ3n) is 3.77. The predicted octanol–water partition coefficient (Wildman–Crippen LogP) is 2.31. The van der Waals surface area contributed by atoms with E-state index in [1.807, 2.05) is 0 Å². The summed E-state index contributed by atoms with van der Waals surface area (Å²) in [6, 6.07) is 4.68. The summed E-state index contributed by atoms with van der Waals surface area (Å²) >= 11 is 0. The molecule has 0 bridgehead atoms. The molecule has 1 aromatic carbocycles. The van der Waals surface area contributed by atoms with Crippen molar-refractivity contribution >= 4 is 5.69 Å². The van der Waals surface area contributed by atoms with Gasteiger partial charge in [-0.2, -0.15) is 4.39 Å². The van der Waals surface area contributed by atoms with Crippen LogP contribution in [-0.2, 0) is 6.54 Å². The molecule has 110 valence electrons. The van der Waals surface area contributed by atoms with E-state index in [1.165, 1.54) is 25.0 Å². The van der Waals surface area contributed by atoms with Gasteiger partial charge in [-0.25, -0.2) is 0 Å². The Kier molecular flexibility index (Phi) is 5.03. The van der Waals surface area contributed by atoms with Gasteiger partial charge in [0.1, 0.15) is 0 Å². The highest BCUT2D eigenvalue weighted by Crippen LogP contribution is 2.20. The highest BCUT2D eigenvalue weighted by Gasteiger charge is 2.19. The molecule has 0 radical (unpaired) electrons. The molecule has 1 aliphatic rings. The number of halogens is 1. The van der Waals surface area contributed by atoms with E-state index in [-0.39, 0.29) is 0 Å². The zero-order valence-electron chi connectivity index (χ0n) is 11.6. The SMILES string of the molecule is CC(CNCc1cccc([N+](=O)[O-])c1F)N1CCCC1. The van der Waals surface area contributed by atoms with Crippen molar-refractivity contribution in [3.63, 3.8) is 0 Å². The average Bonchev–Trinajstić information content (AvgIpc) is 2.94. The maximum atomic E-state index is 13.9. The lowest BCUT2D eigenvalue weighted by Crippen LogP contribution is -2.38. The van der Waals surface area contributed by atoms with Crippen LogP contribution in [0.3, 0.4) is 0 Å². The lowest BCUT2D eigenvalue weighted by Gasteiger charge is -2.24. The van der Waals surface area contributed by atoms with Crippen LogP contribution in [0.4, 0.5) is 10.1 Å². The van der Waals surface area contributed by atoms with Crippen LogP contribution in [0, 0.1) is 15.9 Å². The zero-order valence-corrected chi connectivity index (χ0v) is 11.6. The first-order valence-electron chi connectivity index (χ1n) is 6.96. The lowest BCUT2D eigenvalue weighted by atomic mass is 10.2. The number of benzene rings is 1. The van der Waals surface area contributed by atoms with Crippen LogP contribution < -0.4 is 5.32 Å². The summed E-state index contributed by atoms with van der Waals surface area (Å²) in [6.07, 6.45) is 2.48. The van der Waals surface area contributed by atoms with Crippen molar-refractivity contribution in [2.45, 2.75) is 32.4 Å². The van der Waals surface area contributed by atoms with Crippen LogP contribution in [-0.4, -0.2) is 35.5 Å². The first-order valence-corrected chi connectivity index (χ1v) is 6.96. The highest BCUT2D eigenvalue weighted by molar-refractivity contribution is 5.36. The number of hydrogen-bond acceptors (Lipinski definition) is 4. The van der Waals surface area contributed by atoms with Gasteiger partial charge in [-0.3, -0.25) is 15.0 Å². The van der Waals surface area contributed by atoms with Gasteiger partial charge in [-0.15, -0.1) is 0 Å². The Labute approximate surface area is 117 Å². The van der Waals surface area contributed by atoms with Crippen molar-refractivity contribution in [1.29, 1.82) is 0 Å². The molecule has 0 amide bonds. The van der Waals surface area contributed by atoms with Crippen molar-refractivity contribution in [3.8, 4) is 0 Å². The molecule has 1 saturated heterocycles. The fraction of sp³-hybridized carbons (Fsp3) is 0.571. The summed E-state index contributed by atoms with van der Waals surface area (Å²) in [5.41, 5.74) is -0.121. The van der Waals surface area contributed by atoms with E-state index >= 15 is 0 Å². The molecule has 0 spiro atoms. The molecule has 0 aromatic heterocycles. The molecule has 2 rings (SSSR count). The summed E-state index contributed by atoms with van der Waals surface area (Å²) in [4.78, 5) is 12.4. The Balaban J connectivity index is 1.87. The van der Waals surface area contributed by atoms with Crippen molar-refractivity contribution < 1.29 is 9.31 Å². The summed E-state index contributed by atoms with van der Waals surface area (Å²) in [5, 5.41) is 13.8. The van der Waals surface area contributed by atoms with Gasteiger partial charge in [0.15, 0.2) is 0 Å². The van der Waals surface area contributed by atoms with E-state index in [4.69, 9.17) is 0 Å². The minimum atomic E-state index is -0.737. The maximum Gasteiger partial charge on any atom is 0.305 e. The Bertz CT molecular complexity index is 475. The van der Waals surface area contributed by atoms with Gasteiger partial charge in [0.25, 0.3) is 0 Å². The Hall–Kier alpha value is -1.53. The lowest BCUT2D eigenvalue weighted by molar-refractivity contribution is -0.387. The minimum absolute atomic E-state index is 0.311. The normalized spacial score (nSPS) is 17.3. The minimum Gasteiger partial charge on any atom is -0.311 e. The van der Waals surface area contributed by atoms with E-state index in [9.17, 15) is 14.5 Å². The number of nitrogens with one attached hydrogen (secondary N) is 1. The van der Waals surface area contributed by atoms with Gasteiger partial charge in [-0.1, -0.05) is 12.1 Å². The molecule has 1 aliphatic heterocycles. The first-order chi connectivity index (χ1) is 9.59. The zero-order chi connectivity index (χ0) is 14.5. The molecule has 6 heteroatoms. The number of hydrogen-bond donors (Lipinski definition) is 1. The fourth-order valence-electron chi connectivity index (χ4n) is 2.57. The first kappa shape index (κ1) is 14.9. The quantitative estimate of drug-likeness (QED) is 0.642. The molecular formula is C14H20FN3O2. The Morgan fingerprint density at radius 1 is 1.45 bits per heavy atom. The van der Waals surface area contributed by atoms with Crippen molar-refractivity contribution in [1.82, 2.24) is 10.2 Å². The van der Waals surface area contributed by atoms with Crippen molar-refractivity contribution in [2.24, 2.45) is 0 Å². The summed E-state index contributed by atoms with van der Waals surface area (Å²) < 4.78 is 13.9. The van der Waals surface area contributed by atoms with Crippen LogP contribution in [0.15, 0.2) is 18.2 Å².